The van der Waals surface area contributed by atoms with Crippen LogP contribution in [0.4, 0.5) is 0 Å². The fraction of sp³-hybridized carbons (Fsp3) is 0.667. The van der Waals surface area contributed by atoms with Crippen LogP contribution in [0.15, 0.2) is 11.6 Å². The number of allylic oxidation sites excluding steroid dienone is 2. The molecular weight excluding hydrogens is 208 g/mol. The van der Waals surface area contributed by atoms with Gasteiger partial charge in [-0.3, -0.25) is 9.59 Å². The van der Waals surface area contributed by atoms with Gasteiger partial charge in [0, 0.05) is 0 Å². The largest absolute Gasteiger partial charge is 0.465 e. The van der Waals surface area contributed by atoms with E-state index in [0.29, 0.717) is 12.8 Å². The SMILES string of the molecule is CCOC(=O)C1(C(=O)OCC)CC=C(C)C1. The summed E-state index contributed by atoms with van der Waals surface area (Å²) in [7, 11) is 0. The van der Waals surface area contributed by atoms with E-state index in [0.717, 1.165) is 5.57 Å². The normalized spacial score (nSPS) is 17.8. The van der Waals surface area contributed by atoms with Gasteiger partial charge in [0.2, 0.25) is 0 Å². The first kappa shape index (κ1) is 12.7. The smallest absolute Gasteiger partial charge is 0.324 e. The summed E-state index contributed by atoms with van der Waals surface area (Å²) < 4.78 is 9.94. The van der Waals surface area contributed by atoms with Gasteiger partial charge in [0.05, 0.1) is 13.2 Å². The number of esters is 2. The summed E-state index contributed by atoms with van der Waals surface area (Å²) in [4.78, 5) is 23.7. The topological polar surface area (TPSA) is 52.6 Å². The van der Waals surface area contributed by atoms with E-state index in [9.17, 15) is 9.59 Å². The Morgan fingerprint density at radius 3 is 2.06 bits per heavy atom. The number of hydrogen-bond acceptors (Lipinski definition) is 4. The van der Waals surface area contributed by atoms with Crippen molar-refractivity contribution in [3.05, 3.63) is 11.6 Å². The van der Waals surface area contributed by atoms with E-state index in [4.69, 9.17) is 9.47 Å². The lowest BCUT2D eigenvalue weighted by Crippen LogP contribution is -2.40. The quantitative estimate of drug-likeness (QED) is 0.417. The van der Waals surface area contributed by atoms with Gasteiger partial charge in [-0.15, -0.1) is 0 Å². The lowest BCUT2D eigenvalue weighted by Gasteiger charge is -2.24. The van der Waals surface area contributed by atoms with Crippen molar-refractivity contribution in [2.24, 2.45) is 5.41 Å². The average Bonchev–Trinajstić information content (AvgIpc) is 2.63. The van der Waals surface area contributed by atoms with Crippen LogP contribution in [0.3, 0.4) is 0 Å². The molecule has 0 aliphatic heterocycles. The molecule has 0 heterocycles. The van der Waals surface area contributed by atoms with E-state index >= 15 is 0 Å². The van der Waals surface area contributed by atoms with Crippen molar-refractivity contribution < 1.29 is 19.1 Å². The molecule has 16 heavy (non-hydrogen) atoms. The summed E-state index contributed by atoms with van der Waals surface area (Å²) in [5.74, 6) is -0.942. The predicted molar refractivity (Wildman–Crippen MR) is 58.7 cm³/mol. The summed E-state index contributed by atoms with van der Waals surface area (Å²) in [6.45, 7) is 5.91. The number of rotatable bonds is 4. The number of carbonyl (C=O) groups excluding carboxylic acids is 2. The van der Waals surface area contributed by atoms with Crippen molar-refractivity contribution in [3.8, 4) is 0 Å². The molecule has 0 aromatic rings. The third kappa shape index (κ3) is 2.26. The van der Waals surface area contributed by atoms with Gasteiger partial charge in [0.15, 0.2) is 5.41 Å². The molecule has 0 N–H and O–H groups in total. The van der Waals surface area contributed by atoms with E-state index < -0.39 is 17.4 Å². The standard InChI is InChI=1S/C12H18O4/c1-4-15-10(13)12(11(14)16-5-2)7-6-9(3)8-12/h6H,4-5,7-8H2,1-3H3. The molecule has 0 unspecified atom stereocenters. The highest BCUT2D eigenvalue weighted by atomic mass is 16.6. The Morgan fingerprint density at radius 2 is 1.75 bits per heavy atom. The van der Waals surface area contributed by atoms with Gasteiger partial charge >= 0.3 is 11.9 Å². The third-order valence-corrected chi connectivity index (χ3v) is 2.71. The van der Waals surface area contributed by atoms with Crippen molar-refractivity contribution in [3.63, 3.8) is 0 Å². The van der Waals surface area contributed by atoms with Crippen LogP contribution in [0.2, 0.25) is 0 Å². The van der Waals surface area contributed by atoms with Gasteiger partial charge < -0.3 is 9.47 Å². The highest BCUT2D eigenvalue weighted by molar-refractivity contribution is 6.01. The highest BCUT2D eigenvalue weighted by Gasteiger charge is 2.50. The predicted octanol–water partition coefficient (Wildman–Crippen LogP) is 1.84. The van der Waals surface area contributed by atoms with Crippen molar-refractivity contribution in [2.75, 3.05) is 13.2 Å². The minimum atomic E-state index is -1.13. The molecule has 0 spiro atoms. The Kier molecular flexibility index (Phi) is 4.10. The molecule has 0 aromatic carbocycles. The summed E-state index contributed by atoms with van der Waals surface area (Å²) in [6, 6.07) is 0. The molecule has 0 saturated heterocycles. The van der Waals surface area contributed by atoms with E-state index in [2.05, 4.69) is 0 Å². The molecule has 1 rings (SSSR count). The monoisotopic (exact) mass is 226 g/mol. The first-order valence-electron chi connectivity index (χ1n) is 5.57. The molecule has 0 saturated carbocycles. The third-order valence-electron chi connectivity index (χ3n) is 2.71. The van der Waals surface area contributed by atoms with Crippen molar-refractivity contribution in [2.45, 2.75) is 33.6 Å². The minimum absolute atomic E-state index is 0.277. The van der Waals surface area contributed by atoms with E-state index in [1.54, 1.807) is 13.8 Å². The van der Waals surface area contributed by atoms with Crippen LogP contribution in [-0.2, 0) is 19.1 Å². The fourth-order valence-electron chi connectivity index (χ4n) is 1.90. The molecule has 0 atom stereocenters. The van der Waals surface area contributed by atoms with E-state index in [1.165, 1.54) is 0 Å². The maximum atomic E-state index is 11.9. The summed E-state index contributed by atoms with van der Waals surface area (Å²) in [6.07, 6.45) is 2.69. The zero-order valence-electron chi connectivity index (χ0n) is 10.0. The molecule has 4 nitrogen and oxygen atoms in total. The van der Waals surface area contributed by atoms with Gasteiger partial charge in [-0.05, 0) is 33.6 Å². The molecular formula is C12H18O4. The zero-order chi connectivity index (χ0) is 12.2. The Balaban J connectivity index is 2.87. The van der Waals surface area contributed by atoms with Crippen LogP contribution >= 0.6 is 0 Å². The molecule has 0 amide bonds. The molecule has 1 aliphatic rings. The van der Waals surface area contributed by atoms with E-state index in [1.807, 2.05) is 13.0 Å². The van der Waals surface area contributed by atoms with Crippen molar-refractivity contribution in [1.82, 2.24) is 0 Å². The molecule has 0 aromatic heterocycles. The maximum absolute atomic E-state index is 11.9. The number of hydrogen-bond donors (Lipinski definition) is 0. The van der Waals surface area contributed by atoms with Crippen LogP contribution in [-0.4, -0.2) is 25.2 Å². The fourth-order valence-corrected chi connectivity index (χ4v) is 1.90. The van der Waals surface area contributed by atoms with Crippen molar-refractivity contribution >= 4 is 11.9 Å². The second-order valence-corrected chi connectivity index (χ2v) is 3.95. The molecule has 4 heteroatoms. The lowest BCUT2D eigenvalue weighted by molar-refractivity contribution is -0.171. The second-order valence-electron chi connectivity index (χ2n) is 3.95. The average molecular weight is 226 g/mol. The van der Waals surface area contributed by atoms with Gasteiger partial charge in [0.1, 0.15) is 0 Å². The van der Waals surface area contributed by atoms with Crippen LogP contribution < -0.4 is 0 Å². The molecule has 0 radical (unpaired) electrons. The van der Waals surface area contributed by atoms with Crippen LogP contribution in [0, 0.1) is 5.41 Å². The van der Waals surface area contributed by atoms with Gasteiger partial charge in [0.25, 0.3) is 0 Å². The molecule has 1 aliphatic carbocycles. The Morgan fingerprint density at radius 1 is 1.25 bits per heavy atom. The van der Waals surface area contributed by atoms with Gasteiger partial charge in [-0.1, -0.05) is 11.6 Å². The minimum Gasteiger partial charge on any atom is -0.465 e. The zero-order valence-corrected chi connectivity index (χ0v) is 10.0. The first-order chi connectivity index (χ1) is 7.56. The summed E-state index contributed by atoms with van der Waals surface area (Å²) in [5, 5.41) is 0. The van der Waals surface area contributed by atoms with Crippen molar-refractivity contribution in [1.29, 1.82) is 0 Å². The Hall–Kier alpha value is -1.32. The Labute approximate surface area is 95.6 Å². The molecule has 0 fully saturated rings. The van der Waals surface area contributed by atoms with Crippen LogP contribution in [0.5, 0.6) is 0 Å². The number of ether oxygens (including phenoxy) is 2. The van der Waals surface area contributed by atoms with Gasteiger partial charge in [-0.2, -0.15) is 0 Å². The number of carbonyl (C=O) groups is 2. The van der Waals surface area contributed by atoms with Crippen LogP contribution in [0.25, 0.3) is 0 Å². The first-order valence-corrected chi connectivity index (χ1v) is 5.57. The molecule has 0 bridgehead atoms. The second kappa shape index (κ2) is 5.14. The van der Waals surface area contributed by atoms with E-state index in [-0.39, 0.29) is 13.2 Å². The maximum Gasteiger partial charge on any atom is 0.324 e. The summed E-state index contributed by atoms with van der Waals surface area (Å²) in [5.41, 5.74) is -0.100. The van der Waals surface area contributed by atoms with Gasteiger partial charge in [-0.25, -0.2) is 0 Å². The Bertz CT molecular complexity index is 299. The molecule has 90 valence electrons. The lowest BCUT2D eigenvalue weighted by atomic mass is 9.84. The highest BCUT2D eigenvalue weighted by Crippen LogP contribution is 2.39. The summed E-state index contributed by atoms with van der Waals surface area (Å²) >= 11 is 0. The van der Waals surface area contributed by atoms with Crippen LogP contribution in [0.1, 0.15) is 33.6 Å².